The molecule has 1 amide bonds. The highest BCUT2D eigenvalue weighted by atomic mass is 16.2. The number of hydrogen-bond acceptors (Lipinski definition) is 2. The summed E-state index contributed by atoms with van der Waals surface area (Å²) in [7, 11) is 0. The summed E-state index contributed by atoms with van der Waals surface area (Å²) in [5, 5.41) is 3.13. The molecule has 4 atom stereocenters. The molecule has 0 spiro atoms. The Morgan fingerprint density at radius 1 is 1.29 bits per heavy atom. The zero-order chi connectivity index (χ0) is 13.0. The molecule has 0 saturated heterocycles. The number of hydrogen-bond donors (Lipinski definition) is 2. The zero-order valence-electron chi connectivity index (χ0n) is 11.7. The lowest BCUT2D eigenvalue weighted by Gasteiger charge is -2.33. The highest BCUT2D eigenvalue weighted by Gasteiger charge is 2.27. The summed E-state index contributed by atoms with van der Waals surface area (Å²) in [6, 6.07) is -0.0242. The van der Waals surface area contributed by atoms with Gasteiger partial charge in [-0.1, -0.05) is 34.1 Å². The molecule has 0 aromatic carbocycles. The monoisotopic (exact) mass is 240 g/mol. The molecule has 1 aliphatic rings. The van der Waals surface area contributed by atoms with Crippen LogP contribution in [0.15, 0.2) is 0 Å². The summed E-state index contributed by atoms with van der Waals surface area (Å²) in [5.41, 5.74) is 5.95. The Kier molecular flexibility index (Phi) is 5.44. The third-order valence-electron chi connectivity index (χ3n) is 4.08. The fourth-order valence-electron chi connectivity index (χ4n) is 2.87. The summed E-state index contributed by atoms with van der Waals surface area (Å²) in [4.78, 5) is 12.0. The number of amides is 1. The molecule has 3 N–H and O–H groups in total. The molecule has 1 rings (SSSR count). The molecular formula is C14H28N2O. The minimum absolute atomic E-state index is 0.0330. The van der Waals surface area contributed by atoms with Crippen LogP contribution in [0.3, 0.4) is 0 Å². The van der Waals surface area contributed by atoms with Crippen molar-refractivity contribution in [2.45, 2.75) is 65.5 Å². The average molecular weight is 240 g/mol. The molecule has 3 heteroatoms. The minimum atomic E-state index is -0.354. The van der Waals surface area contributed by atoms with Crippen molar-refractivity contribution in [3.8, 4) is 0 Å². The topological polar surface area (TPSA) is 55.1 Å². The van der Waals surface area contributed by atoms with Crippen LogP contribution in [-0.4, -0.2) is 18.0 Å². The molecule has 0 aromatic heterocycles. The van der Waals surface area contributed by atoms with Crippen molar-refractivity contribution in [1.82, 2.24) is 5.32 Å². The first-order valence-electron chi connectivity index (χ1n) is 7.00. The molecule has 0 bridgehead atoms. The second-order valence-electron chi connectivity index (χ2n) is 6.03. The largest absolute Gasteiger partial charge is 0.352 e. The van der Waals surface area contributed by atoms with Gasteiger partial charge in [0.2, 0.25) is 5.91 Å². The normalized spacial score (nSPS) is 32.9. The van der Waals surface area contributed by atoms with E-state index in [2.05, 4.69) is 26.1 Å². The lowest BCUT2D eigenvalue weighted by atomic mass is 9.80. The quantitative estimate of drug-likeness (QED) is 0.792. The number of nitrogens with two attached hydrogens (primary N) is 1. The molecule has 17 heavy (non-hydrogen) atoms. The van der Waals surface area contributed by atoms with E-state index in [0.717, 1.165) is 19.3 Å². The standard InChI is InChI=1S/C14H28N2O/c1-5-11(4)13(15)14(17)16-12-7-9(2)6-10(3)8-12/h9-13H,5-8,15H2,1-4H3,(H,16,17)/t9?,10?,11?,12?,13-/m0/s1. The molecule has 100 valence electrons. The molecule has 1 saturated carbocycles. The van der Waals surface area contributed by atoms with E-state index in [1.807, 2.05) is 6.92 Å². The number of carbonyl (C=O) groups is 1. The number of nitrogens with one attached hydrogen (secondary N) is 1. The first kappa shape index (κ1) is 14.5. The predicted octanol–water partition coefficient (Wildman–Crippen LogP) is 2.30. The Morgan fingerprint density at radius 3 is 2.29 bits per heavy atom. The van der Waals surface area contributed by atoms with Gasteiger partial charge < -0.3 is 11.1 Å². The van der Waals surface area contributed by atoms with Crippen molar-refractivity contribution in [2.75, 3.05) is 0 Å². The van der Waals surface area contributed by atoms with E-state index in [0.29, 0.717) is 17.9 Å². The molecule has 3 unspecified atom stereocenters. The smallest absolute Gasteiger partial charge is 0.237 e. The fraction of sp³-hybridized carbons (Fsp3) is 0.929. The number of rotatable bonds is 4. The van der Waals surface area contributed by atoms with Crippen molar-refractivity contribution < 1.29 is 4.79 Å². The summed E-state index contributed by atoms with van der Waals surface area (Å²) < 4.78 is 0. The molecule has 0 heterocycles. The summed E-state index contributed by atoms with van der Waals surface area (Å²) in [5.74, 6) is 1.71. The van der Waals surface area contributed by atoms with Crippen LogP contribution in [-0.2, 0) is 4.79 Å². The maximum absolute atomic E-state index is 12.0. The van der Waals surface area contributed by atoms with Crippen molar-refractivity contribution in [2.24, 2.45) is 23.5 Å². The Bertz CT molecular complexity index is 245. The Hall–Kier alpha value is -0.570. The van der Waals surface area contributed by atoms with E-state index in [1.165, 1.54) is 6.42 Å². The van der Waals surface area contributed by atoms with Crippen LogP contribution < -0.4 is 11.1 Å². The van der Waals surface area contributed by atoms with Gasteiger partial charge in [0.25, 0.3) is 0 Å². The maximum atomic E-state index is 12.0. The third kappa shape index (κ3) is 4.30. The second kappa shape index (κ2) is 6.39. The van der Waals surface area contributed by atoms with Gasteiger partial charge in [0.05, 0.1) is 6.04 Å². The van der Waals surface area contributed by atoms with Crippen LogP contribution in [0.5, 0.6) is 0 Å². The van der Waals surface area contributed by atoms with Crippen molar-refractivity contribution in [1.29, 1.82) is 0 Å². The van der Waals surface area contributed by atoms with Gasteiger partial charge in [-0.15, -0.1) is 0 Å². The lowest BCUT2D eigenvalue weighted by molar-refractivity contribution is -0.124. The molecule has 0 aromatic rings. The van der Waals surface area contributed by atoms with Crippen molar-refractivity contribution >= 4 is 5.91 Å². The van der Waals surface area contributed by atoms with Crippen LogP contribution in [0.25, 0.3) is 0 Å². The third-order valence-corrected chi connectivity index (χ3v) is 4.08. The molecule has 3 nitrogen and oxygen atoms in total. The van der Waals surface area contributed by atoms with Crippen LogP contribution in [0, 0.1) is 17.8 Å². The Morgan fingerprint density at radius 2 is 1.82 bits per heavy atom. The van der Waals surface area contributed by atoms with Gasteiger partial charge in [-0.3, -0.25) is 4.79 Å². The highest BCUT2D eigenvalue weighted by molar-refractivity contribution is 5.82. The first-order valence-corrected chi connectivity index (χ1v) is 7.00. The molecule has 0 radical (unpaired) electrons. The van der Waals surface area contributed by atoms with Gasteiger partial charge in [-0.2, -0.15) is 0 Å². The second-order valence-corrected chi connectivity index (χ2v) is 6.03. The first-order chi connectivity index (χ1) is 7.93. The van der Waals surface area contributed by atoms with E-state index in [-0.39, 0.29) is 17.9 Å². The Labute approximate surface area is 106 Å². The molecule has 1 aliphatic carbocycles. The summed E-state index contributed by atoms with van der Waals surface area (Å²) >= 11 is 0. The maximum Gasteiger partial charge on any atom is 0.237 e. The van der Waals surface area contributed by atoms with Crippen molar-refractivity contribution in [3.63, 3.8) is 0 Å². The van der Waals surface area contributed by atoms with Crippen molar-refractivity contribution in [3.05, 3.63) is 0 Å². The Balaban J connectivity index is 2.45. The van der Waals surface area contributed by atoms with Gasteiger partial charge in [-0.25, -0.2) is 0 Å². The number of carbonyl (C=O) groups excluding carboxylic acids is 1. The van der Waals surface area contributed by atoms with Gasteiger partial charge in [0, 0.05) is 6.04 Å². The average Bonchev–Trinajstić information content (AvgIpc) is 2.25. The van der Waals surface area contributed by atoms with E-state index in [9.17, 15) is 4.79 Å². The van der Waals surface area contributed by atoms with E-state index in [1.54, 1.807) is 0 Å². The highest BCUT2D eigenvalue weighted by Crippen LogP contribution is 2.28. The van der Waals surface area contributed by atoms with Gasteiger partial charge in [-0.05, 0) is 37.0 Å². The van der Waals surface area contributed by atoms with Crippen LogP contribution in [0.1, 0.15) is 53.4 Å². The van der Waals surface area contributed by atoms with E-state index >= 15 is 0 Å². The van der Waals surface area contributed by atoms with Crippen LogP contribution in [0.4, 0.5) is 0 Å². The SMILES string of the molecule is CCC(C)[C@H](N)C(=O)NC1CC(C)CC(C)C1. The van der Waals surface area contributed by atoms with E-state index in [4.69, 9.17) is 5.73 Å². The van der Waals surface area contributed by atoms with Gasteiger partial charge in [0.15, 0.2) is 0 Å². The summed E-state index contributed by atoms with van der Waals surface area (Å²) in [6.45, 7) is 8.64. The minimum Gasteiger partial charge on any atom is -0.352 e. The zero-order valence-corrected chi connectivity index (χ0v) is 11.7. The summed E-state index contributed by atoms with van der Waals surface area (Å²) in [6.07, 6.45) is 4.43. The molecular weight excluding hydrogens is 212 g/mol. The van der Waals surface area contributed by atoms with Gasteiger partial charge in [0.1, 0.15) is 0 Å². The molecule has 1 fully saturated rings. The molecule has 0 aliphatic heterocycles. The predicted molar refractivity (Wildman–Crippen MR) is 71.5 cm³/mol. The van der Waals surface area contributed by atoms with E-state index < -0.39 is 0 Å². The lowest BCUT2D eigenvalue weighted by Crippen LogP contribution is -2.49. The van der Waals surface area contributed by atoms with Gasteiger partial charge >= 0.3 is 0 Å². The van der Waals surface area contributed by atoms with Crippen LogP contribution in [0.2, 0.25) is 0 Å². The van der Waals surface area contributed by atoms with Crippen LogP contribution >= 0.6 is 0 Å². The fourth-order valence-corrected chi connectivity index (χ4v) is 2.87.